The topological polar surface area (TPSA) is 58.2 Å². The van der Waals surface area contributed by atoms with E-state index >= 15 is 0 Å². The van der Waals surface area contributed by atoms with Gasteiger partial charge in [-0.1, -0.05) is 43.9 Å². The molecule has 0 unspecified atom stereocenters. The molecule has 0 heterocycles. The molecule has 0 atom stereocenters. The molecule has 21 heavy (non-hydrogen) atoms. The highest BCUT2D eigenvalue weighted by Gasteiger charge is 2.19. The summed E-state index contributed by atoms with van der Waals surface area (Å²) in [5.74, 6) is 0.693. The highest BCUT2D eigenvalue weighted by atomic mass is 35.5. The Morgan fingerprint density at radius 1 is 1.33 bits per heavy atom. The fraction of sp³-hybridized carbons (Fsp3) is 0.600. The minimum atomic E-state index is -3.45. The summed E-state index contributed by atoms with van der Waals surface area (Å²) < 4.78 is 27.1. The van der Waals surface area contributed by atoms with Gasteiger partial charge in [0.2, 0.25) is 10.0 Å². The predicted molar refractivity (Wildman–Crippen MR) is 86.0 cm³/mol. The Balaban J connectivity index is 1.96. The molecule has 0 amide bonds. The number of hydrogen-bond donors (Lipinski definition) is 2. The van der Waals surface area contributed by atoms with E-state index in [0.29, 0.717) is 24.0 Å². The molecule has 1 aromatic rings. The molecule has 1 fully saturated rings. The average molecular weight is 331 g/mol. The minimum Gasteiger partial charge on any atom is -0.313 e. The maximum absolute atomic E-state index is 12.2. The van der Waals surface area contributed by atoms with E-state index in [-0.39, 0.29) is 4.90 Å². The zero-order valence-electron chi connectivity index (χ0n) is 12.4. The third-order valence-corrected chi connectivity index (χ3v) is 5.78. The molecular weight excluding hydrogens is 308 g/mol. The first kappa shape index (κ1) is 16.7. The van der Waals surface area contributed by atoms with Gasteiger partial charge in [-0.05, 0) is 36.6 Å². The molecule has 6 heteroatoms. The van der Waals surface area contributed by atoms with Gasteiger partial charge in [-0.3, -0.25) is 0 Å². The Hall–Kier alpha value is -0.620. The van der Waals surface area contributed by atoms with Crippen LogP contribution < -0.4 is 10.0 Å². The lowest BCUT2D eigenvalue weighted by Crippen LogP contribution is -2.27. The molecule has 0 radical (unpaired) electrons. The monoisotopic (exact) mass is 330 g/mol. The van der Waals surface area contributed by atoms with Gasteiger partial charge in [0.05, 0.1) is 4.90 Å². The number of halogens is 1. The zero-order chi connectivity index (χ0) is 15.3. The first-order valence-electron chi connectivity index (χ1n) is 7.51. The molecule has 1 saturated carbocycles. The summed E-state index contributed by atoms with van der Waals surface area (Å²) in [5, 5.41) is 3.66. The van der Waals surface area contributed by atoms with E-state index in [4.69, 9.17) is 11.6 Å². The lowest BCUT2D eigenvalue weighted by molar-refractivity contribution is 0.297. The fourth-order valence-electron chi connectivity index (χ4n) is 2.36. The van der Waals surface area contributed by atoms with Crippen LogP contribution in [0.3, 0.4) is 0 Å². The molecule has 0 aliphatic heterocycles. The van der Waals surface area contributed by atoms with Crippen molar-refractivity contribution in [1.29, 1.82) is 0 Å². The van der Waals surface area contributed by atoms with Crippen molar-refractivity contribution in [2.24, 2.45) is 5.92 Å². The second kappa shape index (κ2) is 7.58. The zero-order valence-corrected chi connectivity index (χ0v) is 13.9. The predicted octanol–water partition coefficient (Wildman–Crippen LogP) is 2.92. The molecule has 1 aliphatic carbocycles. The molecular formula is C15H23ClN2O2S. The number of hydrogen-bond acceptors (Lipinski definition) is 3. The first-order chi connectivity index (χ1) is 10.0. The lowest BCUT2D eigenvalue weighted by Gasteiger charge is -2.25. The van der Waals surface area contributed by atoms with Gasteiger partial charge < -0.3 is 5.32 Å². The summed E-state index contributed by atoms with van der Waals surface area (Å²) in [6.45, 7) is 4.01. The Morgan fingerprint density at radius 3 is 2.67 bits per heavy atom. The molecule has 118 valence electrons. The van der Waals surface area contributed by atoms with Crippen molar-refractivity contribution < 1.29 is 8.42 Å². The van der Waals surface area contributed by atoms with Crippen LogP contribution in [0.15, 0.2) is 23.1 Å². The van der Waals surface area contributed by atoms with E-state index in [1.165, 1.54) is 25.3 Å². The molecule has 0 spiro atoms. The number of sulfonamides is 1. The third kappa shape index (κ3) is 4.68. The van der Waals surface area contributed by atoms with Crippen LogP contribution in [-0.4, -0.2) is 21.5 Å². The highest BCUT2D eigenvalue weighted by molar-refractivity contribution is 7.89. The molecule has 2 rings (SSSR count). The van der Waals surface area contributed by atoms with Crippen LogP contribution in [0.25, 0.3) is 0 Å². The van der Waals surface area contributed by atoms with Crippen LogP contribution in [0.4, 0.5) is 0 Å². The fourth-order valence-corrected chi connectivity index (χ4v) is 3.75. The van der Waals surface area contributed by atoms with Gasteiger partial charge in [0.15, 0.2) is 0 Å². The van der Waals surface area contributed by atoms with Crippen molar-refractivity contribution in [1.82, 2.24) is 10.0 Å². The maximum atomic E-state index is 12.2. The smallest absolute Gasteiger partial charge is 0.240 e. The van der Waals surface area contributed by atoms with Crippen molar-refractivity contribution in [3.63, 3.8) is 0 Å². The van der Waals surface area contributed by atoms with Crippen molar-refractivity contribution in [2.45, 2.75) is 44.0 Å². The molecule has 0 bridgehead atoms. The van der Waals surface area contributed by atoms with Gasteiger partial charge >= 0.3 is 0 Å². The largest absolute Gasteiger partial charge is 0.313 e. The molecule has 1 aliphatic rings. The van der Waals surface area contributed by atoms with Crippen LogP contribution in [0.5, 0.6) is 0 Å². The second-order valence-corrected chi connectivity index (χ2v) is 7.69. The summed E-state index contributed by atoms with van der Waals surface area (Å²) in [6, 6.07) is 4.91. The van der Waals surface area contributed by atoms with Crippen molar-refractivity contribution >= 4 is 21.6 Å². The van der Waals surface area contributed by atoms with Crippen molar-refractivity contribution in [2.75, 3.05) is 13.1 Å². The van der Waals surface area contributed by atoms with Crippen molar-refractivity contribution in [3.8, 4) is 0 Å². The molecule has 2 N–H and O–H groups in total. The summed E-state index contributed by atoms with van der Waals surface area (Å²) in [4.78, 5) is 0.237. The SMILES string of the molecule is CCNCc1ccc(S(=O)(=O)NCCC2CCC2)cc1Cl. The summed E-state index contributed by atoms with van der Waals surface area (Å²) >= 11 is 6.16. The summed E-state index contributed by atoms with van der Waals surface area (Å²) in [7, 11) is -3.45. The van der Waals surface area contributed by atoms with E-state index in [9.17, 15) is 8.42 Å². The van der Waals surface area contributed by atoms with Gasteiger partial charge in [0, 0.05) is 18.1 Å². The maximum Gasteiger partial charge on any atom is 0.240 e. The van der Waals surface area contributed by atoms with Crippen molar-refractivity contribution in [3.05, 3.63) is 28.8 Å². The normalized spacial score (nSPS) is 15.9. The van der Waals surface area contributed by atoms with Gasteiger partial charge in [0.25, 0.3) is 0 Å². The highest BCUT2D eigenvalue weighted by Crippen LogP contribution is 2.29. The Kier molecular flexibility index (Phi) is 6.05. The summed E-state index contributed by atoms with van der Waals surface area (Å²) in [6.07, 6.45) is 4.66. The molecule has 1 aromatic carbocycles. The second-order valence-electron chi connectivity index (χ2n) is 5.52. The minimum absolute atomic E-state index is 0.237. The lowest BCUT2D eigenvalue weighted by atomic mass is 9.83. The van der Waals surface area contributed by atoms with Gasteiger partial charge in [0.1, 0.15) is 0 Å². The number of rotatable bonds is 8. The Bertz CT molecular complexity index is 571. The van der Waals surface area contributed by atoms with E-state index in [1.54, 1.807) is 12.1 Å². The van der Waals surface area contributed by atoms with Crippen LogP contribution in [0.1, 0.15) is 38.2 Å². The van der Waals surface area contributed by atoms with Gasteiger partial charge in [-0.2, -0.15) is 0 Å². The van der Waals surface area contributed by atoms with E-state index in [2.05, 4.69) is 10.0 Å². The molecule has 0 saturated heterocycles. The van der Waals surface area contributed by atoms with E-state index < -0.39 is 10.0 Å². The quantitative estimate of drug-likeness (QED) is 0.770. The van der Waals surface area contributed by atoms with E-state index in [1.807, 2.05) is 6.92 Å². The van der Waals surface area contributed by atoms with Gasteiger partial charge in [-0.25, -0.2) is 13.1 Å². The Morgan fingerprint density at radius 2 is 2.10 bits per heavy atom. The third-order valence-electron chi connectivity index (χ3n) is 3.97. The average Bonchev–Trinajstić information content (AvgIpc) is 2.40. The number of nitrogens with one attached hydrogen (secondary N) is 2. The molecule has 0 aromatic heterocycles. The van der Waals surface area contributed by atoms with Crippen LogP contribution in [0, 0.1) is 5.92 Å². The van der Waals surface area contributed by atoms with Crippen LogP contribution in [0.2, 0.25) is 5.02 Å². The van der Waals surface area contributed by atoms with E-state index in [0.717, 1.165) is 18.5 Å². The Labute approximate surface area is 132 Å². The van der Waals surface area contributed by atoms with Gasteiger partial charge in [-0.15, -0.1) is 0 Å². The van der Waals surface area contributed by atoms with Crippen LogP contribution >= 0.6 is 11.6 Å². The standard InChI is InChI=1S/C15H23ClN2O2S/c1-2-17-11-13-6-7-14(10-15(13)16)21(19,20)18-9-8-12-4-3-5-12/h6-7,10,12,17-18H,2-5,8-9,11H2,1H3. The van der Waals surface area contributed by atoms with Crippen LogP contribution in [-0.2, 0) is 16.6 Å². The number of benzene rings is 1. The molecule has 4 nitrogen and oxygen atoms in total. The summed E-state index contributed by atoms with van der Waals surface area (Å²) in [5.41, 5.74) is 0.909. The first-order valence-corrected chi connectivity index (χ1v) is 9.38.